The molecule has 98 valence electrons. The largest absolute Gasteiger partial charge is 0.364 e. The molecule has 0 amide bonds. The van der Waals surface area contributed by atoms with Gasteiger partial charge in [0.2, 0.25) is 5.82 Å². The van der Waals surface area contributed by atoms with E-state index in [0.29, 0.717) is 12.2 Å². The smallest absolute Gasteiger partial charge is 0.339 e. The molecule has 0 unspecified atom stereocenters. The fourth-order valence-electron chi connectivity index (χ4n) is 1.53. The molecule has 1 N–H and O–H groups in total. The van der Waals surface area contributed by atoms with Crippen molar-refractivity contribution in [3.8, 4) is 11.4 Å². The van der Waals surface area contributed by atoms with Gasteiger partial charge in [0.15, 0.2) is 5.69 Å². The summed E-state index contributed by atoms with van der Waals surface area (Å²) in [6.07, 6.45) is 6.49. The third-order valence-corrected chi connectivity index (χ3v) is 2.35. The van der Waals surface area contributed by atoms with Crippen LogP contribution in [0.4, 0.5) is 11.5 Å². The molecule has 0 saturated heterocycles. The highest BCUT2D eigenvalue weighted by molar-refractivity contribution is 5.74. The van der Waals surface area contributed by atoms with E-state index in [1.165, 1.54) is 24.9 Å². The Morgan fingerprint density at radius 1 is 1.32 bits per heavy atom. The maximum Gasteiger partial charge on any atom is 0.339 e. The molecule has 19 heavy (non-hydrogen) atoms. The van der Waals surface area contributed by atoms with Gasteiger partial charge in [-0.3, -0.25) is 20.1 Å². The van der Waals surface area contributed by atoms with Crippen molar-refractivity contribution < 1.29 is 4.92 Å². The Hall–Kier alpha value is -2.64. The van der Waals surface area contributed by atoms with Gasteiger partial charge in [-0.25, -0.2) is 9.97 Å². The number of anilines is 1. The fraction of sp³-hybridized carbons (Fsp3) is 0.273. The average Bonchev–Trinajstić information content (AvgIpc) is 2.45. The molecule has 2 heterocycles. The van der Waals surface area contributed by atoms with Crippen molar-refractivity contribution in [2.75, 3.05) is 11.9 Å². The van der Waals surface area contributed by atoms with E-state index in [1.54, 1.807) is 0 Å². The molecule has 0 fully saturated rings. The first kappa shape index (κ1) is 12.8. The van der Waals surface area contributed by atoms with E-state index in [-0.39, 0.29) is 17.2 Å². The molecule has 0 radical (unpaired) electrons. The lowest BCUT2D eigenvalue weighted by Crippen LogP contribution is -2.07. The summed E-state index contributed by atoms with van der Waals surface area (Å²) in [7, 11) is 0. The van der Waals surface area contributed by atoms with Crippen LogP contribution in [0.3, 0.4) is 0 Å². The van der Waals surface area contributed by atoms with E-state index in [2.05, 4.69) is 25.3 Å². The highest BCUT2D eigenvalue weighted by atomic mass is 16.6. The second-order valence-corrected chi connectivity index (χ2v) is 3.69. The minimum Gasteiger partial charge on any atom is -0.364 e. The van der Waals surface area contributed by atoms with Gasteiger partial charge in [0.1, 0.15) is 12.0 Å². The minimum atomic E-state index is -0.512. The molecule has 2 rings (SSSR count). The first-order chi connectivity index (χ1) is 9.24. The molecule has 0 spiro atoms. The van der Waals surface area contributed by atoms with Gasteiger partial charge in [-0.15, -0.1) is 0 Å². The number of rotatable bonds is 5. The molecule has 0 saturated carbocycles. The molecule has 0 aromatic carbocycles. The first-order valence-electron chi connectivity index (χ1n) is 5.73. The fourth-order valence-corrected chi connectivity index (χ4v) is 1.53. The second kappa shape index (κ2) is 5.80. The van der Waals surface area contributed by atoms with Gasteiger partial charge in [-0.05, 0) is 6.42 Å². The summed E-state index contributed by atoms with van der Waals surface area (Å²) >= 11 is 0. The quantitative estimate of drug-likeness (QED) is 0.643. The Morgan fingerprint density at radius 3 is 2.79 bits per heavy atom. The van der Waals surface area contributed by atoms with Crippen molar-refractivity contribution in [3.05, 3.63) is 35.0 Å². The third-order valence-electron chi connectivity index (χ3n) is 2.35. The van der Waals surface area contributed by atoms with E-state index < -0.39 is 4.92 Å². The number of nitrogens with zero attached hydrogens (tertiary/aromatic N) is 5. The van der Waals surface area contributed by atoms with Crippen LogP contribution >= 0.6 is 0 Å². The lowest BCUT2D eigenvalue weighted by Gasteiger charge is -2.06. The SMILES string of the molecule is CCCNc1ncnc(-c2cnccn2)c1[N+](=O)[O-]. The molecule has 0 bridgehead atoms. The molecule has 0 aliphatic carbocycles. The zero-order valence-electron chi connectivity index (χ0n) is 10.3. The molecule has 8 heteroatoms. The zero-order valence-corrected chi connectivity index (χ0v) is 10.3. The normalized spacial score (nSPS) is 10.2. The summed E-state index contributed by atoms with van der Waals surface area (Å²) < 4.78 is 0. The van der Waals surface area contributed by atoms with Crippen LogP contribution in [0.15, 0.2) is 24.9 Å². The third kappa shape index (κ3) is 2.79. The predicted molar refractivity (Wildman–Crippen MR) is 68.5 cm³/mol. The van der Waals surface area contributed by atoms with Gasteiger partial charge < -0.3 is 5.32 Å². The molecule has 0 atom stereocenters. The van der Waals surface area contributed by atoms with E-state index in [0.717, 1.165) is 6.42 Å². The number of nitrogens with one attached hydrogen (secondary N) is 1. The van der Waals surface area contributed by atoms with Crippen LogP contribution in [0.2, 0.25) is 0 Å². The minimum absolute atomic E-state index is 0.159. The predicted octanol–water partition coefficient (Wildman–Crippen LogP) is 1.66. The first-order valence-corrected chi connectivity index (χ1v) is 5.73. The van der Waals surface area contributed by atoms with E-state index >= 15 is 0 Å². The summed E-state index contributed by atoms with van der Waals surface area (Å²) in [6.45, 7) is 2.56. The van der Waals surface area contributed by atoms with Gasteiger partial charge >= 0.3 is 5.69 Å². The highest BCUT2D eigenvalue weighted by Gasteiger charge is 2.24. The molecular weight excluding hydrogens is 248 g/mol. The zero-order chi connectivity index (χ0) is 13.7. The van der Waals surface area contributed by atoms with E-state index in [9.17, 15) is 10.1 Å². The number of hydrogen-bond acceptors (Lipinski definition) is 7. The molecule has 2 aromatic rings. The summed E-state index contributed by atoms with van der Waals surface area (Å²) in [5, 5.41) is 14.1. The molecular formula is C11H12N6O2. The van der Waals surface area contributed by atoms with Crippen molar-refractivity contribution >= 4 is 11.5 Å². The van der Waals surface area contributed by atoms with Crippen molar-refractivity contribution in [1.29, 1.82) is 0 Å². The topological polar surface area (TPSA) is 107 Å². The summed E-state index contributed by atoms with van der Waals surface area (Å²) in [4.78, 5) is 26.5. The summed E-state index contributed by atoms with van der Waals surface area (Å²) in [5.74, 6) is 0.197. The summed E-state index contributed by atoms with van der Waals surface area (Å²) in [5.41, 5.74) is 0.319. The van der Waals surface area contributed by atoms with Crippen molar-refractivity contribution in [3.63, 3.8) is 0 Å². The van der Waals surface area contributed by atoms with Gasteiger partial charge in [-0.1, -0.05) is 6.92 Å². The van der Waals surface area contributed by atoms with Crippen LogP contribution in [0.1, 0.15) is 13.3 Å². The monoisotopic (exact) mass is 260 g/mol. The van der Waals surface area contributed by atoms with Crippen molar-refractivity contribution in [2.45, 2.75) is 13.3 Å². The summed E-state index contributed by atoms with van der Waals surface area (Å²) in [6, 6.07) is 0. The maximum atomic E-state index is 11.2. The number of hydrogen-bond donors (Lipinski definition) is 1. The van der Waals surface area contributed by atoms with Gasteiger partial charge in [-0.2, -0.15) is 0 Å². The van der Waals surface area contributed by atoms with Crippen molar-refractivity contribution in [1.82, 2.24) is 19.9 Å². The van der Waals surface area contributed by atoms with Crippen LogP contribution in [-0.4, -0.2) is 31.4 Å². The molecule has 0 aliphatic rings. The molecule has 0 aliphatic heterocycles. The Balaban J connectivity index is 2.52. The molecule has 8 nitrogen and oxygen atoms in total. The van der Waals surface area contributed by atoms with Crippen LogP contribution in [-0.2, 0) is 0 Å². The second-order valence-electron chi connectivity index (χ2n) is 3.69. The van der Waals surface area contributed by atoms with Gasteiger partial charge in [0.05, 0.1) is 11.1 Å². The van der Waals surface area contributed by atoms with Crippen LogP contribution in [0.5, 0.6) is 0 Å². The van der Waals surface area contributed by atoms with Gasteiger partial charge in [0, 0.05) is 18.9 Å². The van der Waals surface area contributed by atoms with Crippen LogP contribution < -0.4 is 5.32 Å². The number of aromatic nitrogens is 4. The number of nitro groups is 1. The van der Waals surface area contributed by atoms with Crippen molar-refractivity contribution in [2.24, 2.45) is 0 Å². The average molecular weight is 260 g/mol. The van der Waals surface area contributed by atoms with Gasteiger partial charge in [0.25, 0.3) is 0 Å². The van der Waals surface area contributed by atoms with E-state index in [1.807, 2.05) is 6.92 Å². The Morgan fingerprint density at radius 2 is 2.16 bits per heavy atom. The van der Waals surface area contributed by atoms with Crippen LogP contribution in [0.25, 0.3) is 11.4 Å². The highest BCUT2D eigenvalue weighted by Crippen LogP contribution is 2.30. The Kier molecular flexibility index (Phi) is 3.91. The lowest BCUT2D eigenvalue weighted by atomic mass is 10.2. The lowest BCUT2D eigenvalue weighted by molar-refractivity contribution is -0.383. The molecule has 2 aromatic heterocycles. The Bertz CT molecular complexity index is 575. The Labute approximate surface area is 109 Å². The van der Waals surface area contributed by atoms with Crippen LogP contribution in [0, 0.1) is 10.1 Å². The maximum absolute atomic E-state index is 11.2. The van der Waals surface area contributed by atoms with E-state index in [4.69, 9.17) is 0 Å². The standard InChI is InChI=1S/C11H12N6O2/c1-2-3-14-11-10(17(18)19)9(15-7-16-11)8-6-12-4-5-13-8/h4-7H,2-3H2,1H3,(H,14,15,16).